The molecular weight excluding hydrogens is 412 g/mol. The summed E-state index contributed by atoms with van der Waals surface area (Å²) in [4.78, 5) is 12.6. The van der Waals surface area contributed by atoms with Crippen LogP contribution in [0.4, 0.5) is 5.69 Å². The van der Waals surface area contributed by atoms with E-state index >= 15 is 0 Å². The van der Waals surface area contributed by atoms with E-state index in [9.17, 15) is 10.1 Å². The van der Waals surface area contributed by atoms with E-state index in [1.54, 1.807) is 49.6 Å². The zero-order valence-corrected chi connectivity index (χ0v) is 18.9. The van der Waals surface area contributed by atoms with Crippen LogP contribution < -0.4 is 14.8 Å². The van der Waals surface area contributed by atoms with Gasteiger partial charge in [-0.2, -0.15) is 5.26 Å². The summed E-state index contributed by atoms with van der Waals surface area (Å²) in [7, 11) is 1.57. The molecule has 0 spiro atoms. The van der Waals surface area contributed by atoms with Crippen LogP contribution in [0.15, 0.2) is 48.0 Å². The third-order valence-corrected chi connectivity index (χ3v) is 4.98. The third-order valence-electron chi connectivity index (χ3n) is 4.74. The lowest BCUT2D eigenvalue weighted by Gasteiger charge is -2.11. The summed E-state index contributed by atoms with van der Waals surface area (Å²) in [6.45, 7) is 2.78. The molecule has 0 unspecified atom stereocenters. The molecule has 0 saturated heterocycles. The van der Waals surface area contributed by atoms with E-state index in [4.69, 9.17) is 21.1 Å². The Morgan fingerprint density at radius 3 is 2.48 bits per heavy atom. The predicted octanol–water partition coefficient (Wildman–Crippen LogP) is 6.63. The Balaban J connectivity index is 2.05. The number of ether oxygens (including phenoxy) is 2. The van der Waals surface area contributed by atoms with E-state index in [-0.39, 0.29) is 5.57 Å². The van der Waals surface area contributed by atoms with Gasteiger partial charge in [-0.3, -0.25) is 4.79 Å². The Morgan fingerprint density at radius 1 is 1.10 bits per heavy atom. The summed E-state index contributed by atoms with van der Waals surface area (Å²) in [6.07, 6.45) is 8.52. The number of nitrogens with one attached hydrogen (secondary N) is 1. The minimum Gasteiger partial charge on any atom is -0.497 e. The first-order valence-corrected chi connectivity index (χ1v) is 10.9. The number of carbonyl (C=O) groups excluding carboxylic acids is 1. The number of halogens is 1. The SMILES string of the molecule is CCCCCCCCOc1ccc(Cl)cc1C=C(C#N)C(=O)Nc1ccc(OC)cc1. The summed E-state index contributed by atoms with van der Waals surface area (Å²) in [6, 6.07) is 14.0. The molecule has 0 saturated carbocycles. The molecule has 0 atom stereocenters. The van der Waals surface area contributed by atoms with E-state index < -0.39 is 5.91 Å². The van der Waals surface area contributed by atoms with Gasteiger partial charge in [-0.25, -0.2) is 0 Å². The van der Waals surface area contributed by atoms with Crippen molar-refractivity contribution in [3.63, 3.8) is 0 Å². The highest BCUT2D eigenvalue weighted by Gasteiger charge is 2.12. The summed E-state index contributed by atoms with van der Waals surface area (Å²) >= 11 is 6.13. The number of methoxy groups -OCH3 is 1. The fraction of sp³-hybridized carbons (Fsp3) is 0.360. The van der Waals surface area contributed by atoms with Crippen LogP contribution in [0, 0.1) is 11.3 Å². The topological polar surface area (TPSA) is 71.3 Å². The van der Waals surface area contributed by atoms with Gasteiger partial charge in [0.15, 0.2) is 0 Å². The average molecular weight is 441 g/mol. The van der Waals surface area contributed by atoms with Crippen molar-refractivity contribution in [1.29, 1.82) is 5.26 Å². The van der Waals surface area contributed by atoms with E-state index in [0.717, 1.165) is 12.8 Å². The number of nitrogens with zero attached hydrogens (tertiary/aromatic N) is 1. The Morgan fingerprint density at radius 2 is 1.81 bits per heavy atom. The van der Waals surface area contributed by atoms with Crippen LogP contribution in [-0.4, -0.2) is 19.6 Å². The summed E-state index contributed by atoms with van der Waals surface area (Å²) in [5.41, 5.74) is 1.13. The van der Waals surface area contributed by atoms with Crippen molar-refractivity contribution < 1.29 is 14.3 Å². The predicted molar refractivity (Wildman–Crippen MR) is 126 cm³/mol. The van der Waals surface area contributed by atoms with Crippen molar-refractivity contribution in [3.8, 4) is 17.6 Å². The Bertz CT molecular complexity index is 917. The summed E-state index contributed by atoms with van der Waals surface area (Å²) < 4.78 is 11.0. The van der Waals surface area contributed by atoms with E-state index in [1.807, 2.05) is 6.07 Å². The highest BCUT2D eigenvalue weighted by Crippen LogP contribution is 2.26. The Hall–Kier alpha value is -2.97. The van der Waals surface area contributed by atoms with Crippen LogP contribution in [0.2, 0.25) is 5.02 Å². The second kappa shape index (κ2) is 13.4. The lowest BCUT2D eigenvalue weighted by Crippen LogP contribution is -2.13. The second-order valence-corrected chi connectivity index (χ2v) is 7.59. The minimum absolute atomic E-state index is 0.0394. The number of amides is 1. The molecule has 31 heavy (non-hydrogen) atoms. The Labute approximate surface area is 189 Å². The number of hydrogen-bond acceptors (Lipinski definition) is 4. The normalized spacial score (nSPS) is 11.0. The molecule has 2 aromatic carbocycles. The number of benzene rings is 2. The lowest BCUT2D eigenvalue weighted by atomic mass is 10.1. The highest BCUT2D eigenvalue weighted by atomic mass is 35.5. The smallest absolute Gasteiger partial charge is 0.266 e. The van der Waals surface area contributed by atoms with Gasteiger partial charge in [-0.15, -0.1) is 0 Å². The lowest BCUT2D eigenvalue weighted by molar-refractivity contribution is -0.112. The molecule has 0 aromatic heterocycles. The van der Waals surface area contributed by atoms with Crippen LogP contribution in [0.25, 0.3) is 6.08 Å². The maximum atomic E-state index is 12.6. The minimum atomic E-state index is -0.505. The summed E-state index contributed by atoms with van der Waals surface area (Å²) in [5, 5.41) is 12.7. The highest BCUT2D eigenvalue weighted by molar-refractivity contribution is 6.30. The molecule has 2 aromatic rings. The molecule has 0 fully saturated rings. The molecule has 2 rings (SSSR count). The van der Waals surface area contributed by atoms with Crippen molar-refractivity contribution in [2.75, 3.05) is 19.0 Å². The molecule has 1 N–H and O–H groups in total. The molecular formula is C25H29ClN2O3. The molecule has 0 radical (unpaired) electrons. The van der Waals surface area contributed by atoms with Gasteiger partial charge >= 0.3 is 0 Å². The van der Waals surface area contributed by atoms with Crippen molar-refractivity contribution in [2.24, 2.45) is 0 Å². The quantitative estimate of drug-likeness (QED) is 0.228. The van der Waals surface area contributed by atoms with Gasteiger partial charge in [0.1, 0.15) is 23.1 Å². The third kappa shape index (κ3) is 8.35. The number of rotatable bonds is 12. The molecule has 0 heterocycles. The van der Waals surface area contributed by atoms with E-state index in [2.05, 4.69) is 12.2 Å². The van der Waals surface area contributed by atoms with Crippen LogP contribution in [-0.2, 0) is 4.79 Å². The molecule has 1 amide bonds. The monoisotopic (exact) mass is 440 g/mol. The number of carbonyl (C=O) groups is 1. The molecule has 0 aliphatic carbocycles. The molecule has 6 heteroatoms. The zero-order valence-electron chi connectivity index (χ0n) is 18.1. The van der Waals surface area contributed by atoms with Gasteiger partial charge < -0.3 is 14.8 Å². The van der Waals surface area contributed by atoms with Crippen molar-refractivity contribution >= 4 is 29.3 Å². The first kappa shape index (κ1) is 24.3. The first-order valence-electron chi connectivity index (χ1n) is 10.6. The van der Waals surface area contributed by atoms with Gasteiger partial charge in [-0.05, 0) is 55.0 Å². The van der Waals surface area contributed by atoms with Crippen molar-refractivity contribution in [3.05, 3.63) is 58.6 Å². The second-order valence-electron chi connectivity index (χ2n) is 7.15. The zero-order chi connectivity index (χ0) is 22.5. The van der Waals surface area contributed by atoms with Gasteiger partial charge in [0.2, 0.25) is 0 Å². The Kier molecular flexibility index (Phi) is 10.5. The number of nitriles is 1. The van der Waals surface area contributed by atoms with Gasteiger partial charge in [0.05, 0.1) is 13.7 Å². The maximum Gasteiger partial charge on any atom is 0.266 e. The standard InChI is InChI=1S/C25H29ClN2O3/c1-3-4-5-6-7-8-15-31-24-14-9-21(26)17-19(24)16-20(18-27)25(29)28-22-10-12-23(30-2)13-11-22/h9-14,16-17H,3-8,15H2,1-2H3,(H,28,29). The van der Waals surface area contributed by atoms with Gasteiger partial charge in [0.25, 0.3) is 5.91 Å². The number of hydrogen-bond donors (Lipinski definition) is 1. The number of unbranched alkanes of at least 4 members (excludes halogenated alkanes) is 5. The van der Waals surface area contributed by atoms with Crippen molar-refractivity contribution in [1.82, 2.24) is 0 Å². The van der Waals surface area contributed by atoms with Crippen LogP contribution in [0.1, 0.15) is 51.0 Å². The van der Waals surface area contributed by atoms with Crippen LogP contribution in [0.5, 0.6) is 11.5 Å². The maximum absolute atomic E-state index is 12.6. The van der Waals surface area contributed by atoms with E-state index in [1.165, 1.54) is 31.8 Å². The van der Waals surface area contributed by atoms with Gasteiger partial charge in [0, 0.05) is 16.3 Å². The van der Waals surface area contributed by atoms with Crippen LogP contribution in [0.3, 0.4) is 0 Å². The fourth-order valence-corrected chi connectivity index (χ4v) is 3.19. The molecule has 0 bridgehead atoms. The summed E-state index contributed by atoms with van der Waals surface area (Å²) in [5.74, 6) is 0.776. The molecule has 0 aliphatic heterocycles. The van der Waals surface area contributed by atoms with Crippen molar-refractivity contribution in [2.45, 2.75) is 45.4 Å². The average Bonchev–Trinajstić information content (AvgIpc) is 2.78. The van der Waals surface area contributed by atoms with Crippen LogP contribution >= 0.6 is 11.6 Å². The van der Waals surface area contributed by atoms with E-state index in [0.29, 0.717) is 34.4 Å². The molecule has 0 aliphatic rings. The molecule has 5 nitrogen and oxygen atoms in total. The fourth-order valence-electron chi connectivity index (χ4n) is 3.00. The first-order chi connectivity index (χ1) is 15.1. The largest absolute Gasteiger partial charge is 0.497 e. The number of anilines is 1. The van der Waals surface area contributed by atoms with Gasteiger partial charge in [-0.1, -0.05) is 50.6 Å². The molecule has 164 valence electrons.